The van der Waals surface area contributed by atoms with E-state index in [0.717, 1.165) is 5.56 Å². The van der Waals surface area contributed by atoms with Crippen molar-refractivity contribution >= 4 is 23.1 Å². The predicted molar refractivity (Wildman–Crippen MR) is 128 cm³/mol. The largest absolute Gasteiger partial charge is 0.507 e. The van der Waals surface area contributed by atoms with E-state index in [0.29, 0.717) is 16.8 Å². The maximum Gasteiger partial charge on any atom is 0.300 e. The fourth-order valence-corrected chi connectivity index (χ4v) is 4.12. The minimum atomic E-state index is -0.808. The van der Waals surface area contributed by atoms with Gasteiger partial charge in [0.15, 0.2) is 0 Å². The average Bonchev–Trinajstić information content (AvgIpc) is 3.06. The molecule has 3 aromatic carbocycles. The maximum atomic E-state index is 13.8. The molecule has 1 atom stereocenters. The van der Waals surface area contributed by atoms with Gasteiger partial charge in [0, 0.05) is 11.3 Å². The van der Waals surface area contributed by atoms with E-state index >= 15 is 0 Å². The number of rotatable bonds is 3. The van der Waals surface area contributed by atoms with Gasteiger partial charge in [0.2, 0.25) is 0 Å². The number of ketones is 1. The predicted octanol–water partition coefficient (Wildman–Crippen LogP) is 6.06. The molecule has 0 radical (unpaired) electrons. The number of benzene rings is 3. The normalized spacial score (nSPS) is 18.1. The second kappa shape index (κ2) is 8.32. The minimum absolute atomic E-state index is 0.0166. The van der Waals surface area contributed by atoms with Gasteiger partial charge < -0.3 is 5.11 Å². The van der Waals surface area contributed by atoms with Gasteiger partial charge in [-0.1, -0.05) is 63.2 Å². The standard InChI is InChI=1S/C28H26FNO3/c1-17-16-19(10-15-22(17)29)25(31)23-24(18-8-6-5-7-9-18)30(27(33)26(23)32)21-13-11-20(12-14-21)28(2,3)4/h5-16,24,31H,1-4H3/b25-23-. The Kier molecular flexibility index (Phi) is 5.66. The lowest BCUT2D eigenvalue weighted by Crippen LogP contribution is -2.29. The number of carbonyl (C=O) groups excluding carboxylic acids is 2. The highest BCUT2D eigenvalue weighted by Gasteiger charge is 2.47. The second-order valence-electron chi connectivity index (χ2n) is 9.34. The number of carbonyl (C=O) groups is 2. The molecule has 0 bridgehead atoms. The molecule has 1 aliphatic heterocycles. The maximum absolute atomic E-state index is 13.8. The van der Waals surface area contributed by atoms with Crippen molar-refractivity contribution < 1.29 is 19.1 Å². The van der Waals surface area contributed by atoms with E-state index in [9.17, 15) is 19.1 Å². The zero-order valence-electron chi connectivity index (χ0n) is 19.1. The summed E-state index contributed by atoms with van der Waals surface area (Å²) >= 11 is 0. The molecular weight excluding hydrogens is 417 g/mol. The van der Waals surface area contributed by atoms with Gasteiger partial charge in [-0.15, -0.1) is 0 Å². The lowest BCUT2D eigenvalue weighted by Gasteiger charge is -2.26. The molecule has 168 valence electrons. The van der Waals surface area contributed by atoms with Gasteiger partial charge in [0.25, 0.3) is 11.7 Å². The van der Waals surface area contributed by atoms with Crippen LogP contribution >= 0.6 is 0 Å². The molecule has 1 heterocycles. The first-order valence-corrected chi connectivity index (χ1v) is 10.8. The van der Waals surface area contributed by atoms with Crippen molar-refractivity contribution in [3.05, 3.63) is 106 Å². The van der Waals surface area contributed by atoms with Gasteiger partial charge in [0.05, 0.1) is 11.6 Å². The van der Waals surface area contributed by atoms with Crippen LogP contribution in [0.2, 0.25) is 0 Å². The third-order valence-corrected chi connectivity index (χ3v) is 6.00. The molecule has 1 amide bonds. The number of Topliss-reactive ketones (excluding diaryl/α,β-unsaturated/α-hetero) is 1. The third kappa shape index (κ3) is 4.07. The molecule has 5 heteroatoms. The molecule has 1 saturated heterocycles. The molecule has 1 unspecified atom stereocenters. The van der Waals surface area contributed by atoms with E-state index < -0.39 is 23.5 Å². The van der Waals surface area contributed by atoms with Crippen LogP contribution in [-0.2, 0) is 15.0 Å². The third-order valence-electron chi connectivity index (χ3n) is 6.00. The van der Waals surface area contributed by atoms with E-state index in [2.05, 4.69) is 20.8 Å². The Morgan fingerprint density at radius 1 is 0.939 bits per heavy atom. The summed E-state index contributed by atoms with van der Waals surface area (Å²) in [4.78, 5) is 27.8. The molecule has 4 nitrogen and oxygen atoms in total. The van der Waals surface area contributed by atoms with Gasteiger partial charge in [0.1, 0.15) is 11.6 Å². The molecular formula is C28H26FNO3. The number of hydrogen-bond acceptors (Lipinski definition) is 3. The number of amides is 1. The topological polar surface area (TPSA) is 57.6 Å². The number of aliphatic hydroxyl groups excluding tert-OH is 1. The first-order chi connectivity index (χ1) is 15.6. The van der Waals surface area contributed by atoms with Gasteiger partial charge in [-0.25, -0.2) is 4.39 Å². The Balaban J connectivity index is 1.90. The van der Waals surface area contributed by atoms with Crippen molar-refractivity contribution in [3.63, 3.8) is 0 Å². The zero-order valence-corrected chi connectivity index (χ0v) is 19.1. The molecule has 1 N–H and O–H groups in total. The van der Waals surface area contributed by atoms with Crippen LogP contribution in [0.25, 0.3) is 5.76 Å². The van der Waals surface area contributed by atoms with Crippen molar-refractivity contribution in [1.82, 2.24) is 0 Å². The van der Waals surface area contributed by atoms with Gasteiger partial charge >= 0.3 is 0 Å². The molecule has 33 heavy (non-hydrogen) atoms. The number of halogens is 1. The lowest BCUT2D eigenvalue weighted by atomic mass is 9.87. The fourth-order valence-electron chi connectivity index (χ4n) is 4.12. The minimum Gasteiger partial charge on any atom is -0.507 e. The zero-order chi connectivity index (χ0) is 23.9. The number of hydrogen-bond donors (Lipinski definition) is 1. The first-order valence-electron chi connectivity index (χ1n) is 10.8. The van der Waals surface area contributed by atoms with Crippen LogP contribution in [0.5, 0.6) is 0 Å². The molecule has 3 aromatic rings. The highest BCUT2D eigenvalue weighted by atomic mass is 19.1. The second-order valence-corrected chi connectivity index (χ2v) is 9.34. The molecule has 4 rings (SSSR count). The molecule has 0 spiro atoms. The van der Waals surface area contributed by atoms with Crippen LogP contribution in [0.4, 0.5) is 10.1 Å². The van der Waals surface area contributed by atoms with E-state index in [1.807, 2.05) is 54.6 Å². The Morgan fingerprint density at radius 2 is 1.58 bits per heavy atom. The quantitative estimate of drug-likeness (QED) is 0.304. The molecule has 0 saturated carbocycles. The van der Waals surface area contributed by atoms with E-state index in [4.69, 9.17) is 0 Å². The molecule has 0 aromatic heterocycles. The van der Waals surface area contributed by atoms with Crippen LogP contribution in [0.15, 0.2) is 78.4 Å². The highest BCUT2D eigenvalue weighted by Crippen LogP contribution is 2.42. The SMILES string of the molecule is Cc1cc(/C(O)=C2/C(=O)C(=O)N(c3ccc(C(C)(C)C)cc3)C2c2ccccc2)ccc1F. The van der Waals surface area contributed by atoms with Gasteiger partial charge in [-0.05, 0) is 59.4 Å². The van der Waals surface area contributed by atoms with Crippen molar-refractivity contribution in [2.75, 3.05) is 4.90 Å². The van der Waals surface area contributed by atoms with E-state index in [-0.39, 0.29) is 22.3 Å². The summed E-state index contributed by atoms with van der Waals surface area (Å²) in [6.45, 7) is 7.88. The Labute approximate surface area is 193 Å². The summed E-state index contributed by atoms with van der Waals surface area (Å²) in [5, 5.41) is 11.1. The van der Waals surface area contributed by atoms with Crippen LogP contribution < -0.4 is 4.90 Å². The summed E-state index contributed by atoms with van der Waals surface area (Å²) in [5.41, 5.74) is 2.90. The number of anilines is 1. The molecule has 1 fully saturated rings. The lowest BCUT2D eigenvalue weighted by molar-refractivity contribution is -0.132. The smallest absolute Gasteiger partial charge is 0.300 e. The van der Waals surface area contributed by atoms with Crippen LogP contribution in [0.3, 0.4) is 0 Å². The van der Waals surface area contributed by atoms with Crippen LogP contribution in [-0.4, -0.2) is 16.8 Å². The molecule has 1 aliphatic rings. The number of nitrogens with zero attached hydrogens (tertiary/aromatic N) is 1. The van der Waals surface area contributed by atoms with Gasteiger partial charge in [-0.3, -0.25) is 14.5 Å². The number of aryl methyl sites for hydroxylation is 1. The van der Waals surface area contributed by atoms with Crippen molar-refractivity contribution in [2.45, 2.75) is 39.2 Å². The van der Waals surface area contributed by atoms with Crippen molar-refractivity contribution in [2.24, 2.45) is 0 Å². The molecule has 0 aliphatic carbocycles. The van der Waals surface area contributed by atoms with Gasteiger partial charge in [-0.2, -0.15) is 0 Å². The summed E-state index contributed by atoms with van der Waals surface area (Å²) in [6, 6.07) is 20.0. The Hall–Kier alpha value is -3.73. The first kappa shape index (κ1) is 22.5. The summed E-state index contributed by atoms with van der Waals surface area (Å²) in [5.74, 6) is -2.22. The van der Waals surface area contributed by atoms with E-state index in [1.165, 1.54) is 23.1 Å². The van der Waals surface area contributed by atoms with Crippen molar-refractivity contribution in [1.29, 1.82) is 0 Å². The Bertz CT molecular complexity index is 1250. The highest BCUT2D eigenvalue weighted by molar-refractivity contribution is 6.51. The average molecular weight is 444 g/mol. The van der Waals surface area contributed by atoms with Crippen LogP contribution in [0, 0.1) is 12.7 Å². The number of aliphatic hydroxyl groups is 1. The van der Waals surface area contributed by atoms with E-state index in [1.54, 1.807) is 6.92 Å². The summed E-state index contributed by atoms with van der Waals surface area (Å²) in [7, 11) is 0. The van der Waals surface area contributed by atoms with Crippen molar-refractivity contribution in [3.8, 4) is 0 Å². The Morgan fingerprint density at radius 3 is 2.15 bits per heavy atom. The summed E-state index contributed by atoms with van der Waals surface area (Å²) in [6.07, 6.45) is 0. The summed E-state index contributed by atoms with van der Waals surface area (Å²) < 4.78 is 13.8. The monoisotopic (exact) mass is 443 g/mol. The fraction of sp³-hybridized carbons (Fsp3) is 0.214. The van der Waals surface area contributed by atoms with Crippen LogP contribution in [0.1, 0.15) is 49.1 Å².